The molecule has 0 saturated heterocycles. The van der Waals surface area contributed by atoms with E-state index < -0.39 is 0 Å². The molecule has 1 atom stereocenters. The van der Waals surface area contributed by atoms with Gasteiger partial charge in [-0.15, -0.1) is 0 Å². The van der Waals surface area contributed by atoms with Crippen LogP contribution in [0.15, 0.2) is 12.2 Å². The minimum Gasteiger partial charge on any atom is -0.466 e. The number of carbonyl (C=O) groups is 2. The SMILES string of the molecule is CCCCCC/C=C/COC(=O)CCCCCCCC(CCCCCCCC(=O)OCC)CN(C)CCN(C)C. The maximum absolute atomic E-state index is 11.9. The molecule has 6 heteroatoms. The van der Waals surface area contributed by atoms with Gasteiger partial charge in [0.15, 0.2) is 0 Å². The summed E-state index contributed by atoms with van der Waals surface area (Å²) in [7, 11) is 6.54. The summed E-state index contributed by atoms with van der Waals surface area (Å²) in [6.45, 7) is 8.38. The predicted octanol–water partition coefficient (Wildman–Crippen LogP) is 8.19. The quantitative estimate of drug-likeness (QED) is 0.0517. The molecule has 0 aliphatic rings. The van der Waals surface area contributed by atoms with Crippen LogP contribution in [-0.4, -0.2) is 75.7 Å². The number of esters is 2. The average Bonchev–Trinajstić information content (AvgIpc) is 2.92. The standard InChI is InChI=1S/C34H66N2O4/c1-6-8-9-10-11-18-23-30-40-34(38)27-22-17-13-15-20-25-32(31-36(5)29-28-35(3)4)24-19-14-12-16-21-26-33(37)39-7-2/h18,23,32H,6-17,19-22,24-31H2,1-5H3/b23-18+. The predicted molar refractivity (Wildman–Crippen MR) is 170 cm³/mol. The van der Waals surface area contributed by atoms with Gasteiger partial charge in [-0.25, -0.2) is 0 Å². The van der Waals surface area contributed by atoms with E-state index in [9.17, 15) is 9.59 Å². The first-order valence-electron chi connectivity index (χ1n) is 16.7. The Morgan fingerprint density at radius 2 is 1.20 bits per heavy atom. The molecule has 0 N–H and O–H groups in total. The van der Waals surface area contributed by atoms with Crippen molar-refractivity contribution >= 4 is 11.9 Å². The third-order valence-electron chi connectivity index (χ3n) is 7.52. The van der Waals surface area contributed by atoms with Crippen molar-refractivity contribution in [1.82, 2.24) is 9.80 Å². The van der Waals surface area contributed by atoms with Crippen LogP contribution < -0.4 is 0 Å². The highest BCUT2D eigenvalue weighted by molar-refractivity contribution is 5.69. The second-order valence-corrected chi connectivity index (χ2v) is 11.9. The molecular formula is C34H66N2O4. The molecule has 0 aliphatic heterocycles. The van der Waals surface area contributed by atoms with Crippen molar-refractivity contribution in [1.29, 1.82) is 0 Å². The number of ether oxygens (including phenoxy) is 2. The van der Waals surface area contributed by atoms with Crippen molar-refractivity contribution < 1.29 is 19.1 Å². The van der Waals surface area contributed by atoms with Crippen LogP contribution >= 0.6 is 0 Å². The molecular weight excluding hydrogens is 500 g/mol. The Hall–Kier alpha value is -1.40. The van der Waals surface area contributed by atoms with Gasteiger partial charge in [0, 0.05) is 32.5 Å². The second-order valence-electron chi connectivity index (χ2n) is 11.9. The van der Waals surface area contributed by atoms with Crippen LogP contribution in [-0.2, 0) is 19.1 Å². The molecule has 0 saturated carbocycles. The van der Waals surface area contributed by atoms with Gasteiger partial charge in [0.2, 0.25) is 0 Å². The summed E-state index contributed by atoms with van der Waals surface area (Å²) in [6, 6.07) is 0. The van der Waals surface area contributed by atoms with E-state index in [1.54, 1.807) is 0 Å². The number of allylic oxidation sites excluding steroid dienone is 1. The normalized spacial score (nSPS) is 12.5. The van der Waals surface area contributed by atoms with E-state index in [4.69, 9.17) is 9.47 Å². The highest BCUT2D eigenvalue weighted by Gasteiger charge is 2.12. The lowest BCUT2D eigenvalue weighted by atomic mass is 9.93. The molecule has 40 heavy (non-hydrogen) atoms. The fourth-order valence-corrected chi connectivity index (χ4v) is 5.02. The molecule has 0 heterocycles. The van der Waals surface area contributed by atoms with Gasteiger partial charge in [0.05, 0.1) is 6.61 Å². The monoisotopic (exact) mass is 567 g/mol. The molecule has 0 aromatic heterocycles. The van der Waals surface area contributed by atoms with Gasteiger partial charge < -0.3 is 19.3 Å². The van der Waals surface area contributed by atoms with Crippen molar-refractivity contribution in [3.63, 3.8) is 0 Å². The molecule has 0 aliphatic carbocycles. The van der Waals surface area contributed by atoms with E-state index in [1.807, 2.05) is 13.0 Å². The Balaban J connectivity index is 4.03. The van der Waals surface area contributed by atoms with E-state index in [1.165, 1.54) is 83.6 Å². The van der Waals surface area contributed by atoms with Gasteiger partial charge in [-0.2, -0.15) is 0 Å². The molecule has 1 unspecified atom stereocenters. The van der Waals surface area contributed by atoms with Crippen molar-refractivity contribution in [2.45, 2.75) is 136 Å². The van der Waals surface area contributed by atoms with Crippen LogP contribution in [0, 0.1) is 5.92 Å². The van der Waals surface area contributed by atoms with E-state index >= 15 is 0 Å². The number of unbranched alkanes of at least 4 members (excludes halogenated alkanes) is 12. The number of carbonyl (C=O) groups excluding carboxylic acids is 2. The Labute approximate surface area is 248 Å². The summed E-state index contributed by atoms with van der Waals surface area (Å²) in [6.07, 6.45) is 25.6. The lowest BCUT2D eigenvalue weighted by Gasteiger charge is -2.25. The second kappa shape index (κ2) is 29.1. The van der Waals surface area contributed by atoms with Crippen molar-refractivity contribution in [2.75, 3.05) is 54.0 Å². The van der Waals surface area contributed by atoms with Crippen LogP contribution in [0.3, 0.4) is 0 Å². The first-order chi connectivity index (χ1) is 19.4. The zero-order chi connectivity index (χ0) is 29.7. The molecule has 0 amide bonds. The van der Waals surface area contributed by atoms with E-state index in [0.29, 0.717) is 26.1 Å². The molecule has 236 valence electrons. The third kappa shape index (κ3) is 28.1. The van der Waals surface area contributed by atoms with E-state index in [0.717, 1.165) is 51.1 Å². The zero-order valence-corrected chi connectivity index (χ0v) is 27.2. The fraction of sp³-hybridized carbons (Fsp3) is 0.882. The Morgan fingerprint density at radius 1 is 0.650 bits per heavy atom. The van der Waals surface area contributed by atoms with Crippen LogP contribution in [0.5, 0.6) is 0 Å². The van der Waals surface area contributed by atoms with E-state index in [-0.39, 0.29) is 11.9 Å². The topological polar surface area (TPSA) is 59.1 Å². The van der Waals surface area contributed by atoms with Gasteiger partial charge in [-0.05, 0) is 72.5 Å². The number of likely N-dealkylation sites (N-methyl/N-ethyl adjacent to an activating group) is 2. The summed E-state index contributed by atoms with van der Waals surface area (Å²) in [5.41, 5.74) is 0. The van der Waals surface area contributed by atoms with Gasteiger partial charge in [-0.3, -0.25) is 9.59 Å². The lowest BCUT2D eigenvalue weighted by Crippen LogP contribution is -2.32. The summed E-state index contributed by atoms with van der Waals surface area (Å²) >= 11 is 0. The molecule has 6 nitrogen and oxygen atoms in total. The summed E-state index contributed by atoms with van der Waals surface area (Å²) in [5, 5.41) is 0. The van der Waals surface area contributed by atoms with Gasteiger partial charge >= 0.3 is 11.9 Å². The van der Waals surface area contributed by atoms with Crippen molar-refractivity contribution in [3.05, 3.63) is 12.2 Å². The summed E-state index contributed by atoms with van der Waals surface area (Å²) in [5.74, 6) is 0.637. The van der Waals surface area contributed by atoms with E-state index in [2.05, 4.69) is 43.9 Å². The highest BCUT2D eigenvalue weighted by atomic mass is 16.5. The highest BCUT2D eigenvalue weighted by Crippen LogP contribution is 2.20. The third-order valence-corrected chi connectivity index (χ3v) is 7.52. The Morgan fingerprint density at radius 3 is 1.77 bits per heavy atom. The smallest absolute Gasteiger partial charge is 0.306 e. The number of rotatable bonds is 29. The summed E-state index contributed by atoms with van der Waals surface area (Å²) < 4.78 is 10.4. The van der Waals surface area contributed by atoms with Crippen molar-refractivity contribution in [2.24, 2.45) is 5.92 Å². The molecule has 0 aromatic rings. The van der Waals surface area contributed by atoms with Crippen LogP contribution in [0.1, 0.15) is 136 Å². The Bertz CT molecular complexity index is 609. The first-order valence-corrected chi connectivity index (χ1v) is 16.7. The van der Waals surface area contributed by atoms with Crippen LogP contribution in [0.2, 0.25) is 0 Å². The van der Waals surface area contributed by atoms with Gasteiger partial charge in [-0.1, -0.05) is 89.7 Å². The molecule has 0 radical (unpaired) electrons. The lowest BCUT2D eigenvalue weighted by molar-refractivity contribution is -0.143. The van der Waals surface area contributed by atoms with Gasteiger partial charge in [0.1, 0.15) is 6.61 Å². The molecule has 0 aromatic carbocycles. The minimum atomic E-state index is -0.0580. The average molecular weight is 567 g/mol. The van der Waals surface area contributed by atoms with Crippen LogP contribution in [0.4, 0.5) is 0 Å². The Kier molecular flexibility index (Phi) is 28.1. The number of hydrogen-bond acceptors (Lipinski definition) is 6. The van der Waals surface area contributed by atoms with Gasteiger partial charge in [0.25, 0.3) is 0 Å². The first kappa shape index (κ1) is 38.6. The largest absolute Gasteiger partial charge is 0.466 e. The molecule has 0 bridgehead atoms. The fourth-order valence-electron chi connectivity index (χ4n) is 5.02. The number of hydrogen-bond donors (Lipinski definition) is 0. The minimum absolute atomic E-state index is 0.0560. The molecule has 0 rings (SSSR count). The zero-order valence-electron chi connectivity index (χ0n) is 27.2. The maximum Gasteiger partial charge on any atom is 0.306 e. The summed E-state index contributed by atoms with van der Waals surface area (Å²) in [4.78, 5) is 28.2. The number of nitrogens with zero attached hydrogens (tertiary/aromatic N) is 2. The molecule has 0 fully saturated rings. The maximum atomic E-state index is 11.9. The van der Waals surface area contributed by atoms with Crippen LogP contribution in [0.25, 0.3) is 0 Å². The molecule has 0 spiro atoms. The van der Waals surface area contributed by atoms with Crippen molar-refractivity contribution in [3.8, 4) is 0 Å².